The fraction of sp³-hybridized carbons (Fsp3) is 0.0714. The Hall–Kier alpha value is -2.00. The van der Waals surface area contributed by atoms with Crippen LogP contribution < -0.4 is 4.74 Å². The SMILES string of the molecule is COc1ccc(Cl)c(-c2cccc(C=O)c2O)c1. The van der Waals surface area contributed by atoms with Gasteiger partial charge in [-0.05, 0) is 24.3 Å². The van der Waals surface area contributed by atoms with Gasteiger partial charge in [0.15, 0.2) is 6.29 Å². The first kappa shape index (κ1) is 12.5. The molecule has 0 bridgehead atoms. The number of phenols is 1. The number of rotatable bonds is 3. The van der Waals surface area contributed by atoms with Crippen molar-refractivity contribution in [3.05, 3.63) is 47.0 Å². The lowest BCUT2D eigenvalue weighted by atomic mass is 10.0. The minimum absolute atomic E-state index is 0.0809. The number of aldehydes is 1. The van der Waals surface area contributed by atoms with Gasteiger partial charge in [-0.1, -0.05) is 23.7 Å². The number of para-hydroxylation sites is 1. The Morgan fingerprint density at radius 2 is 2.00 bits per heavy atom. The molecule has 1 N–H and O–H groups in total. The van der Waals surface area contributed by atoms with Gasteiger partial charge in [0.25, 0.3) is 0 Å². The molecule has 18 heavy (non-hydrogen) atoms. The van der Waals surface area contributed by atoms with Crippen LogP contribution in [-0.2, 0) is 0 Å². The molecule has 2 aromatic rings. The fourth-order valence-electron chi connectivity index (χ4n) is 1.71. The Kier molecular flexibility index (Phi) is 3.53. The fourth-order valence-corrected chi connectivity index (χ4v) is 1.93. The molecule has 2 rings (SSSR count). The molecule has 0 aliphatic heterocycles. The van der Waals surface area contributed by atoms with Crippen LogP contribution in [0, 0.1) is 0 Å². The number of ether oxygens (including phenoxy) is 1. The molecule has 0 radical (unpaired) electrons. The van der Waals surface area contributed by atoms with Crippen molar-refractivity contribution in [2.75, 3.05) is 7.11 Å². The third kappa shape index (κ3) is 2.17. The van der Waals surface area contributed by atoms with Crippen LogP contribution in [0.3, 0.4) is 0 Å². The molecule has 0 heterocycles. The summed E-state index contributed by atoms with van der Waals surface area (Å²) in [5, 5.41) is 10.5. The number of carbonyl (C=O) groups is 1. The predicted octanol–water partition coefficient (Wildman–Crippen LogP) is 3.53. The summed E-state index contributed by atoms with van der Waals surface area (Å²) >= 11 is 6.10. The van der Waals surface area contributed by atoms with Crippen LogP contribution in [-0.4, -0.2) is 18.5 Å². The van der Waals surface area contributed by atoms with Crippen LogP contribution in [0.4, 0.5) is 0 Å². The van der Waals surface area contributed by atoms with Gasteiger partial charge in [0, 0.05) is 16.1 Å². The summed E-state index contributed by atoms with van der Waals surface area (Å²) in [7, 11) is 1.55. The molecular formula is C14H11ClO3. The van der Waals surface area contributed by atoms with Crippen LogP contribution >= 0.6 is 11.6 Å². The smallest absolute Gasteiger partial charge is 0.153 e. The van der Waals surface area contributed by atoms with Crippen molar-refractivity contribution in [2.45, 2.75) is 0 Å². The minimum atomic E-state index is -0.0809. The Bertz CT molecular complexity index is 594. The van der Waals surface area contributed by atoms with Gasteiger partial charge >= 0.3 is 0 Å². The van der Waals surface area contributed by atoms with Gasteiger partial charge in [-0.15, -0.1) is 0 Å². The van der Waals surface area contributed by atoms with Gasteiger partial charge in [0.2, 0.25) is 0 Å². The summed E-state index contributed by atoms with van der Waals surface area (Å²) < 4.78 is 5.12. The van der Waals surface area contributed by atoms with E-state index in [-0.39, 0.29) is 11.3 Å². The highest BCUT2D eigenvalue weighted by molar-refractivity contribution is 6.33. The lowest BCUT2D eigenvalue weighted by molar-refractivity contribution is 0.112. The third-order valence-electron chi connectivity index (χ3n) is 2.66. The molecule has 0 aliphatic rings. The number of methoxy groups -OCH3 is 1. The maximum Gasteiger partial charge on any atom is 0.153 e. The number of aromatic hydroxyl groups is 1. The largest absolute Gasteiger partial charge is 0.507 e. The molecule has 0 atom stereocenters. The predicted molar refractivity (Wildman–Crippen MR) is 70.5 cm³/mol. The first-order valence-electron chi connectivity index (χ1n) is 5.28. The number of benzene rings is 2. The Morgan fingerprint density at radius 3 is 2.67 bits per heavy atom. The molecule has 3 nitrogen and oxygen atoms in total. The summed E-state index contributed by atoms with van der Waals surface area (Å²) in [5.74, 6) is 0.549. The van der Waals surface area contributed by atoms with Crippen molar-refractivity contribution in [1.82, 2.24) is 0 Å². The van der Waals surface area contributed by atoms with E-state index in [1.54, 1.807) is 43.5 Å². The number of halogens is 1. The number of hydrogen-bond acceptors (Lipinski definition) is 3. The van der Waals surface area contributed by atoms with Crippen LogP contribution in [0.2, 0.25) is 5.02 Å². The average molecular weight is 263 g/mol. The van der Waals surface area contributed by atoms with Crippen molar-refractivity contribution in [2.24, 2.45) is 0 Å². The third-order valence-corrected chi connectivity index (χ3v) is 2.99. The summed E-state index contributed by atoms with van der Waals surface area (Å²) in [6, 6.07) is 10.1. The molecule has 0 saturated carbocycles. The van der Waals surface area contributed by atoms with Crippen molar-refractivity contribution in [1.29, 1.82) is 0 Å². The number of carbonyl (C=O) groups excluding carboxylic acids is 1. The minimum Gasteiger partial charge on any atom is -0.507 e. The van der Waals surface area contributed by atoms with Crippen molar-refractivity contribution >= 4 is 17.9 Å². The molecule has 0 saturated heterocycles. The summed E-state index contributed by atoms with van der Waals surface area (Å²) in [5.41, 5.74) is 1.35. The molecule has 0 amide bonds. The maximum absolute atomic E-state index is 10.8. The molecule has 2 aromatic carbocycles. The number of phenolic OH excluding ortho intramolecular Hbond substituents is 1. The van der Waals surface area contributed by atoms with E-state index in [1.165, 1.54) is 0 Å². The lowest BCUT2D eigenvalue weighted by Gasteiger charge is -2.10. The molecule has 4 heteroatoms. The second-order valence-electron chi connectivity index (χ2n) is 3.71. The van der Waals surface area contributed by atoms with Gasteiger partial charge in [0.1, 0.15) is 11.5 Å². The van der Waals surface area contributed by atoms with Crippen LogP contribution in [0.15, 0.2) is 36.4 Å². The quantitative estimate of drug-likeness (QED) is 0.861. The van der Waals surface area contributed by atoms with E-state index in [4.69, 9.17) is 16.3 Å². The topological polar surface area (TPSA) is 46.5 Å². The molecule has 0 aliphatic carbocycles. The van der Waals surface area contributed by atoms with Crippen molar-refractivity contribution in [3.8, 4) is 22.6 Å². The standard InChI is InChI=1S/C14H11ClO3/c1-18-10-5-6-13(15)12(7-10)11-4-2-3-9(8-16)14(11)17/h2-8,17H,1H3. The van der Waals surface area contributed by atoms with E-state index >= 15 is 0 Å². The lowest BCUT2D eigenvalue weighted by Crippen LogP contribution is -1.88. The molecule has 0 fully saturated rings. The summed E-state index contributed by atoms with van der Waals surface area (Å²) in [4.78, 5) is 10.8. The molecule has 0 spiro atoms. The van der Waals surface area contributed by atoms with Crippen molar-refractivity contribution < 1.29 is 14.6 Å². The van der Waals surface area contributed by atoms with Crippen molar-refractivity contribution in [3.63, 3.8) is 0 Å². The zero-order valence-electron chi connectivity index (χ0n) is 9.68. The molecule has 92 valence electrons. The second kappa shape index (κ2) is 5.10. The van der Waals surface area contributed by atoms with E-state index in [0.717, 1.165) is 0 Å². The Balaban J connectivity index is 2.64. The summed E-state index contributed by atoms with van der Waals surface area (Å²) in [6.45, 7) is 0. The van der Waals surface area contributed by atoms with Gasteiger partial charge in [-0.25, -0.2) is 0 Å². The monoisotopic (exact) mass is 262 g/mol. The van der Waals surface area contributed by atoms with Gasteiger partial charge in [0.05, 0.1) is 12.7 Å². The molecule has 0 aromatic heterocycles. The van der Waals surface area contributed by atoms with Crippen LogP contribution in [0.25, 0.3) is 11.1 Å². The first-order chi connectivity index (χ1) is 8.67. The van der Waals surface area contributed by atoms with Crippen LogP contribution in [0.5, 0.6) is 11.5 Å². The van der Waals surface area contributed by atoms with Gasteiger partial charge < -0.3 is 9.84 Å². The maximum atomic E-state index is 10.8. The van der Waals surface area contributed by atoms with Crippen LogP contribution in [0.1, 0.15) is 10.4 Å². The Labute approximate surface area is 110 Å². The number of hydrogen-bond donors (Lipinski definition) is 1. The normalized spacial score (nSPS) is 10.1. The van der Waals surface area contributed by atoms with E-state index in [0.29, 0.717) is 28.2 Å². The Morgan fingerprint density at radius 1 is 1.22 bits per heavy atom. The van der Waals surface area contributed by atoms with E-state index in [9.17, 15) is 9.90 Å². The first-order valence-corrected chi connectivity index (χ1v) is 5.66. The highest BCUT2D eigenvalue weighted by Crippen LogP contribution is 2.37. The summed E-state index contributed by atoms with van der Waals surface area (Å²) in [6.07, 6.45) is 0.604. The highest BCUT2D eigenvalue weighted by Gasteiger charge is 2.12. The van der Waals surface area contributed by atoms with Gasteiger partial charge in [-0.3, -0.25) is 4.79 Å². The average Bonchev–Trinajstić information content (AvgIpc) is 2.40. The van der Waals surface area contributed by atoms with E-state index in [1.807, 2.05) is 0 Å². The molecule has 0 unspecified atom stereocenters. The highest BCUT2D eigenvalue weighted by atomic mass is 35.5. The molecular weight excluding hydrogens is 252 g/mol. The zero-order valence-corrected chi connectivity index (χ0v) is 10.4. The second-order valence-corrected chi connectivity index (χ2v) is 4.11. The van der Waals surface area contributed by atoms with E-state index in [2.05, 4.69) is 0 Å². The van der Waals surface area contributed by atoms with E-state index < -0.39 is 0 Å². The zero-order chi connectivity index (χ0) is 13.1. The van der Waals surface area contributed by atoms with Gasteiger partial charge in [-0.2, -0.15) is 0 Å².